The summed E-state index contributed by atoms with van der Waals surface area (Å²) < 4.78 is 5.27. The summed E-state index contributed by atoms with van der Waals surface area (Å²) in [5, 5.41) is 0. The van der Waals surface area contributed by atoms with Gasteiger partial charge in [0.15, 0.2) is 6.10 Å². The Labute approximate surface area is 175 Å². The molecule has 1 saturated heterocycles. The van der Waals surface area contributed by atoms with E-state index in [1.807, 2.05) is 19.1 Å². The Balaban J connectivity index is 1.18. The molecular formula is C24H25NO5. The molecule has 2 saturated carbocycles. The molecule has 6 heteroatoms. The summed E-state index contributed by atoms with van der Waals surface area (Å²) in [6.07, 6.45) is 4.36. The summed E-state index contributed by atoms with van der Waals surface area (Å²) in [5.74, 6) is -0.211. The first-order chi connectivity index (χ1) is 14.4. The molecule has 2 bridgehead atoms. The monoisotopic (exact) mass is 407 g/mol. The van der Waals surface area contributed by atoms with Crippen molar-refractivity contribution in [2.24, 2.45) is 35.5 Å². The molecule has 6 rings (SSSR count). The van der Waals surface area contributed by atoms with Gasteiger partial charge in [-0.25, -0.2) is 0 Å². The number of carbonyl (C=O) groups excluding carboxylic acids is 4. The lowest BCUT2D eigenvalue weighted by atomic mass is 9.63. The van der Waals surface area contributed by atoms with Crippen LogP contribution in [-0.4, -0.2) is 41.1 Å². The largest absolute Gasteiger partial charge is 0.454 e. The summed E-state index contributed by atoms with van der Waals surface area (Å²) in [4.78, 5) is 51.8. The van der Waals surface area contributed by atoms with Gasteiger partial charge in [0.2, 0.25) is 17.6 Å². The molecule has 6 nitrogen and oxygen atoms in total. The Morgan fingerprint density at radius 1 is 1.03 bits per heavy atom. The van der Waals surface area contributed by atoms with Crippen LogP contribution in [0.25, 0.3) is 0 Å². The molecule has 1 aromatic carbocycles. The van der Waals surface area contributed by atoms with E-state index < -0.39 is 12.1 Å². The molecular weight excluding hydrogens is 382 g/mol. The zero-order chi connectivity index (χ0) is 21.2. The quantitative estimate of drug-likeness (QED) is 0.313. The molecule has 1 heterocycles. The standard InChI is InChI=1S/C24H25NO5/c1-12-3-5-14(6-4-12)22(27)13(2)30-19(26)9-10-25-23(28)20-15-7-8-16(18-11-17(15)18)21(20)24(25)29/h3-8,13,15-18,20-21H,9-11H2,1-2H3/t13-,15-,16-,17-,18+,20-,21+/m0/s1. The van der Waals surface area contributed by atoms with Gasteiger partial charge in [-0.2, -0.15) is 0 Å². The number of benzene rings is 1. The number of nitrogens with zero attached hydrogens (tertiary/aromatic N) is 1. The molecule has 4 aliphatic carbocycles. The third kappa shape index (κ3) is 2.92. The van der Waals surface area contributed by atoms with Gasteiger partial charge < -0.3 is 4.74 Å². The highest BCUT2D eigenvalue weighted by Gasteiger charge is 2.66. The van der Waals surface area contributed by atoms with Crippen molar-refractivity contribution in [1.29, 1.82) is 0 Å². The third-order valence-corrected chi connectivity index (χ3v) is 7.31. The Morgan fingerprint density at radius 3 is 2.17 bits per heavy atom. The van der Waals surface area contributed by atoms with Crippen LogP contribution in [0.3, 0.4) is 0 Å². The number of imide groups is 1. The maximum absolute atomic E-state index is 12.9. The Hall–Kier alpha value is -2.76. The number of Topliss-reactive ketones (excluding diaryl/α,β-unsaturated/α-hetero) is 1. The van der Waals surface area contributed by atoms with Gasteiger partial charge >= 0.3 is 5.97 Å². The zero-order valence-corrected chi connectivity index (χ0v) is 17.1. The van der Waals surface area contributed by atoms with E-state index in [4.69, 9.17) is 4.74 Å². The topological polar surface area (TPSA) is 80.8 Å². The maximum Gasteiger partial charge on any atom is 0.308 e. The number of ether oxygens (including phenoxy) is 1. The molecule has 0 unspecified atom stereocenters. The van der Waals surface area contributed by atoms with Crippen molar-refractivity contribution >= 4 is 23.6 Å². The van der Waals surface area contributed by atoms with Gasteiger partial charge in [0.25, 0.3) is 0 Å². The zero-order valence-electron chi connectivity index (χ0n) is 17.1. The highest BCUT2D eigenvalue weighted by molar-refractivity contribution is 6.06. The van der Waals surface area contributed by atoms with E-state index in [1.54, 1.807) is 12.1 Å². The van der Waals surface area contributed by atoms with Crippen LogP contribution in [0.1, 0.15) is 35.7 Å². The maximum atomic E-state index is 12.9. The lowest BCUT2D eigenvalue weighted by Gasteiger charge is -2.37. The highest BCUT2D eigenvalue weighted by Crippen LogP contribution is 2.65. The van der Waals surface area contributed by atoms with Crippen molar-refractivity contribution in [1.82, 2.24) is 4.90 Å². The number of ketones is 1. The van der Waals surface area contributed by atoms with Crippen molar-refractivity contribution in [2.75, 3.05) is 6.54 Å². The molecule has 0 spiro atoms. The fourth-order valence-electron chi connectivity index (χ4n) is 5.70. The van der Waals surface area contributed by atoms with E-state index in [-0.39, 0.29) is 54.2 Å². The van der Waals surface area contributed by atoms with E-state index >= 15 is 0 Å². The van der Waals surface area contributed by atoms with E-state index in [1.165, 1.54) is 11.8 Å². The second-order valence-electron chi connectivity index (χ2n) is 9.10. The number of allylic oxidation sites excluding steroid dienone is 2. The number of hydrogen-bond donors (Lipinski definition) is 0. The number of hydrogen-bond acceptors (Lipinski definition) is 5. The van der Waals surface area contributed by atoms with E-state index in [2.05, 4.69) is 12.2 Å². The summed E-state index contributed by atoms with van der Waals surface area (Å²) in [7, 11) is 0. The second kappa shape index (κ2) is 6.89. The summed E-state index contributed by atoms with van der Waals surface area (Å²) in [6.45, 7) is 3.49. The van der Waals surface area contributed by atoms with Gasteiger partial charge in [0, 0.05) is 12.1 Å². The van der Waals surface area contributed by atoms with Crippen molar-refractivity contribution in [3.8, 4) is 0 Å². The van der Waals surface area contributed by atoms with E-state index in [0.29, 0.717) is 17.4 Å². The minimum atomic E-state index is -0.917. The van der Waals surface area contributed by atoms with Crippen molar-refractivity contribution in [2.45, 2.75) is 32.8 Å². The van der Waals surface area contributed by atoms with Crippen LogP contribution in [0.4, 0.5) is 0 Å². The Bertz CT molecular complexity index is 928. The second-order valence-corrected chi connectivity index (χ2v) is 9.10. The Morgan fingerprint density at radius 2 is 1.60 bits per heavy atom. The molecule has 30 heavy (non-hydrogen) atoms. The van der Waals surface area contributed by atoms with Gasteiger partial charge in [-0.15, -0.1) is 0 Å². The summed E-state index contributed by atoms with van der Waals surface area (Å²) in [6, 6.07) is 7.08. The van der Waals surface area contributed by atoms with Crippen LogP contribution in [-0.2, 0) is 19.1 Å². The molecule has 5 aliphatic rings. The van der Waals surface area contributed by atoms with Crippen LogP contribution in [0, 0.1) is 42.4 Å². The average molecular weight is 407 g/mol. The Kier molecular flexibility index (Phi) is 4.42. The van der Waals surface area contributed by atoms with Crippen LogP contribution in [0.2, 0.25) is 0 Å². The summed E-state index contributed by atoms with van der Waals surface area (Å²) >= 11 is 0. The third-order valence-electron chi connectivity index (χ3n) is 7.31. The smallest absolute Gasteiger partial charge is 0.308 e. The predicted octanol–water partition coefficient (Wildman–Crippen LogP) is 2.55. The molecule has 1 aliphatic heterocycles. The lowest BCUT2D eigenvalue weighted by Crippen LogP contribution is -2.40. The molecule has 1 aromatic rings. The summed E-state index contributed by atoms with van der Waals surface area (Å²) in [5.41, 5.74) is 1.52. The van der Waals surface area contributed by atoms with Crippen LogP contribution >= 0.6 is 0 Å². The number of esters is 1. The first kappa shape index (κ1) is 19.2. The molecule has 0 radical (unpaired) electrons. The van der Waals surface area contributed by atoms with Gasteiger partial charge in [-0.3, -0.25) is 24.1 Å². The molecule has 7 atom stereocenters. The molecule has 2 amide bonds. The van der Waals surface area contributed by atoms with Gasteiger partial charge in [-0.05, 0) is 43.9 Å². The van der Waals surface area contributed by atoms with Crippen LogP contribution in [0.5, 0.6) is 0 Å². The van der Waals surface area contributed by atoms with E-state index in [9.17, 15) is 19.2 Å². The van der Waals surface area contributed by atoms with Crippen molar-refractivity contribution < 1.29 is 23.9 Å². The number of amides is 2. The fourth-order valence-corrected chi connectivity index (χ4v) is 5.70. The minimum Gasteiger partial charge on any atom is -0.454 e. The normalized spacial score (nSPS) is 33.9. The van der Waals surface area contributed by atoms with Gasteiger partial charge in [0.1, 0.15) is 0 Å². The molecule has 0 N–H and O–H groups in total. The van der Waals surface area contributed by atoms with Crippen molar-refractivity contribution in [3.63, 3.8) is 0 Å². The first-order valence-electron chi connectivity index (χ1n) is 10.7. The van der Waals surface area contributed by atoms with Crippen LogP contribution < -0.4 is 0 Å². The SMILES string of the molecule is Cc1ccc(C(=O)[C@H](C)OC(=O)CCN2C(=O)[C@@H]3[C@H]4C=C[C@@H]([C@@H]5C[C@H]45)[C@@H]3C2=O)cc1. The fraction of sp³-hybridized carbons (Fsp3) is 0.500. The first-order valence-corrected chi connectivity index (χ1v) is 10.7. The van der Waals surface area contributed by atoms with Gasteiger partial charge in [-0.1, -0.05) is 42.0 Å². The van der Waals surface area contributed by atoms with Crippen molar-refractivity contribution in [3.05, 3.63) is 47.5 Å². The average Bonchev–Trinajstić information content (AvgIpc) is 3.51. The predicted molar refractivity (Wildman–Crippen MR) is 107 cm³/mol. The highest BCUT2D eigenvalue weighted by atomic mass is 16.5. The van der Waals surface area contributed by atoms with Crippen LogP contribution in [0.15, 0.2) is 36.4 Å². The van der Waals surface area contributed by atoms with Gasteiger partial charge in [0.05, 0.1) is 18.3 Å². The molecule has 0 aromatic heterocycles. The number of likely N-dealkylation sites (tertiary alicyclic amines) is 1. The molecule has 156 valence electrons. The number of aryl methyl sites for hydroxylation is 1. The molecule has 3 fully saturated rings. The van der Waals surface area contributed by atoms with E-state index in [0.717, 1.165) is 12.0 Å². The number of rotatable bonds is 6. The lowest BCUT2D eigenvalue weighted by molar-refractivity contribution is -0.148. The number of carbonyl (C=O) groups is 4. The minimum absolute atomic E-state index is 0.0176.